The lowest BCUT2D eigenvalue weighted by atomic mass is 9.90. The van der Waals surface area contributed by atoms with Crippen molar-refractivity contribution in [2.75, 3.05) is 32.5 Å². The molecule has 2 aromatic carbocycles. The quantitative estimate of drug-likeness (QED) is 0.416. The molecule has 4 rings (SSSR count). The fraction of sp³-hybridized carbons (Fsp3) is 0.333. The minimum absolute atomic E-state index is 0.266. The van der Waals surface area contributed by atoms with Crippen molar-refractivity contribution in [3.05, 3.63) is 82.0 Å². The minimum atomic E-state index is 0.266. The summed E-state index contributed by atoms with van der Waals surface area (Å²) in [6, 6.07) is 21.8. The van der Waals surface area contributed by atoms with Crippen LogP contribution in [0.1, 0.15) is 34.8 Å². The van der Waals surface area contributed by atoms with Gasteiger partial charge in [0.05, 0.1) is 0 Å². The summed E-state index contributed by atoms with van der Waals surface area (Å²) >= 11 is 3.64. The van der Waals surface area contributed by atoms with E-state index in [1.807, 2.05) is 23.1 Å². The SMILES string of the molecule is CSc1ccccc1C(c1ccc(OCCN2CCCC2)cc1)c1cccs1. The summed E-state index contributed by atoms with van der Waals surface area (Å²) in [6.45, 7) is 4.24. The smallest absolute Gasteiger partial charge is 0.119 e. The van der Waals surface area contributed by atoms with Crippen LogP contribution in [0.3, 0.4) is 0 Å². The Labute approximate surface area is 176 Å². The highest BCUT2D eigenvalue weighted by Gasteiger charge is 2.20. The molecule has 0 radical (unpaired) electrons. The van der Waals surface area contributed by atoms with E-state index in [2.05, 4.69) is 77.2 Å². The van der Waals surface area contributed by atoms with Crippen LogP contribution in [0.4, 0.5) is 0 Å². The molecule has 0 spiro atoms. The molecule has 3 aromatic rings. The lowest BCUT2D eigenvalue weighted by Gasteiger charge is -2.20. The molecule has 4 heteroatoms. The zero-order valence-corrected chi connectivity index (χ0v) is 18.0. The average Bonchev–Trinajstić information content (AvgIpc) is 3.44. The summed E-state index contributed by atoms with van der Waals surface area (Å²) in [5.41, 5.74) is 2.69. The predicted molar refractivity (Wildman–Crippen MR) is 121 cm³/mol. The Hall–Kier alpha value is -1.75. The Balaban J connectivity index is 1.52. The van der Waals surface area contributed by atoms with E-state index in [1.165, 1.54) is 46.8 Å². The molecule has 1 atom stereocenters. The van der Waals surface area contributed by atoms with Crippen molar-refractivity contribution in [3.8, 4) is 5.75 Å². The van der Waals surface area contributed by atoms with Gasteiger partial charge >= 0.3 is 0 Å². The highest BCUT2D eigenvalue weighted by atomic mass is 32.2. The first-order valence-corrected chi connectivity index (χ1v) is 12.1. The van der Waals surface area contributed by atoms with Crippen molar-refractivity contribution in [3.63, 3.8) is 0 Å². The first kappa shape index (κ1) is 19.6. The van der Waals surface area contributed by atoms with Gasteiger partial charge in [0.2, 0.25) is 0 Å². The van der Waals surface area contributed by atoms with Crippen LogP contribution < -0.4 is 4.74 Å². The van der Waals surface area contributed by atoms with Gasteiger partial charge in [-0.25, -0.2) is 0 Å². The van der Waals surface area contributed by atoms with E-state index in [0.717, 1.165) is 18.9 Å². The second kappa shape index (κ2) is 9.64. The Morgan fingerprint density at radius 3 is 2.50 bits per heavy atom. The first-order chi connectivity index (χ1) is 13.8. The zero-order chi connectivity index (χ0) is 19.2. The maximum absolute atomic E-state index is 6.00. The van der Waals surface area contributed by atoms with Crippen molar-refractivity contribution in [2.45, 2.75) is 23.7 Å². The highest BCUT2D eigenvalue weighted by Crippen LogP contribution is 2.39. The van der Waals surface area contributed by atoms with E-state index in [9.17, 15) is 0 Å². The Morgan fingerprint density at radius 1 is 1.00 bits per heavy atom. The zero-order valence-electron chi connectivity index (χ0n) is 16.3. The Kier molecular flexibility index (Phi) is 6.73. The molecule has 1 saturated heterocycles. The molecule has 1 aromatic heterocycles. The largest absolute Gasteiger partial charge is 0.492 e. The summed E-state index contributed by atoms with van der Waals surface area (Å²) < 4.78 is 6.00. The second-order valence-electron chi connectivity index (χ2n) is 7.16. The number of ether oxygens (including phenoxy) is 1. The van der Waals surface area contributed by atoms with Gasteiger partial charge in [-0.15, -0.1) is 23.1 Å². The number of hydrogen-bond acceptors (Lipinski definition) is 4. The normalized spacial score (nSPS) is 15.6. The van der Waals surface area contributed by atoms with Gasteiger partial charge in [-0.2, -0.15) is 0 Å². The summed E-state index contributed by atoms with van der Waals surface area (Å²) in [6.07, 6.45) is 4.81. The van der Waals surface area contributed by atoms with Crippen LogP contribution in [0.2, 0.25) is 0 Å². The van der Waals surface area contributed by atoms with E-state index in [-0.39, 0.29) is 5.92 Å². The minimum Gasteiger partial charge on any atom is -0.492 e. The van der Waals surface area contributed by atoms with E-state index < -0.39 is 0 Å². The second-order valence-corrected chi connectivity index (χ2v) is 8.98. The molecule has 1 unspecified atom stereocenters. The standard InChI is InChI=1S/C24H27NOS2/c1-27-22-8-3-2-7-21(22)24(23-9-6-18-28-23)19-10-12-20(13-11-19)26-17-16-25-14-4-5-15-25/h2-3,6-13,18,24H,4-5,14-17H2,1H3. The van der Waals surface area contributed by atoms with Gasteiger partial charge in [0.25, 0.3) is 0 Å². The fourth-order valence-corrected chi connectivity index (χ4v) is 5.42. The van der Waals surface area contributed by atoms with Crippen molar-refractivity contribution >= 4 is 23.1 Å². The third-order valence-electron chi connectivity index (χ3n) is 5.37. The summed E-state index contributed by atoms with van der Waals surface area (Å²) in [5, 5.41) is 2.17. The maximum atomic E-state index is 6.00. The van der Waals surface area contributed by atoms with Crippen LogP contribution in [0.15, 0.2) is 70.9 Å². The maximum Gasteiger partial charge on any atom is 0.119 e. The van der Waals surface area contributed by atoms with Crippen LogP contribution in [0, 0.1) is 0 Å². The Morgan fingerprint density at radius 2 is 1.79 bits per heavy atom. The number of hydrogen-bond donors (Lipinski definition) is 0. The molecule has 0 aliphatic carbocycles. The van der Waals surface area contributed by atoms with Crippen LogP contribution >= 0.6 is 23.1 Å². The molecule has 2 heterocycles. The molecule has 0 bridgehead atoms. The molecule has 2 nitrogen and oxygen atoms in total. The summed E-state index contributed by atoms with van der Waals surface area (Å²) in [5.74, 6) is 1.23. The molecule has 28 heavy (non-hydrogen) atoms. The third-order valence-corrected chi connectivity index (χ3v) is 7.11. The van der Waals surface area contributed by atoms with Crippen LogP contribution in [0.25, 0.3) is 0 Å². The molecule has 0 N–H and O–H groups in total. The lowest BCUT2D eigenvalue weighted by Crippen LogP contribution is -2.25. The third kappa shape index (κ3) is 4.62. The molecule has 146 valence electrons. The van der Waals surface area contributed by atoms with E-state index in [4.69, 9.17) is 4.74 Å². The highest BCUT2D eigenvalue weighted by molar-refractivity contribution is 7.98. The van der Waals surface area contributed by atoms with E-state index >= 15 is 0 Å². The Bertz CT molecular complexity index is 855. The summed E-state index contributed by atoms with van der Waals surface area (Å²) in [4.78, 5) is 5.21. The number of likely N-dealkylation sites (tertiary alicyclic amines) is 1. The van der Waals surface area contributed by atoms with Crippen molar-refractivity contribution in [2.24, 2.45) is 0 Å². The predicted octanol–water partition coefficient (Wildman–Crippen LogP) is 6.12. The molecule has 1 aliphatic heterocycles. The monoisotopic (exact) mass is 409 g/mol. The van der Waals surface area contributed by atoms with Gasteiger partial charge in [-0.1, -0.05) is 36.4 Å². The van der Waals surface area contributed by atoms with Crippen molar-refractivity contribution in [1.29, 1.82) is 0 Å². The number of thiophene rings is 1. The lowest BCUT2D eigenvalue weighted by molar-refractivity contribution is 0.238. The number of rotatable bonds is 8. The van der Waals surface area contributed by atoms with Crippen molar-refractivity contribution < 1.29 is 4.74 Å². The molecule has 1 aliphatic rings. The number of thioether (sulfide) groups is 1. The number of nitrogens with zero attached hydrogens (tertiary/aromatic N) is 1. The van der Waals surface area contributed by atoms with Gasteiger partial charge in [-0.05, 0) is 73.0 Å². The van der Waals surface area contributed by atoms with E-state index in [0.29, 0.717) is 0 Å². The molecular weight excluding hydrogens is 382 g/mol. The van der Waals surface area contributed by atoms with Gasteiger partial charge < -0.3 is 4.74 Å². The van der Waals surface area contributed by atoms with Gasteiger partial charge in [0.1, 0.15) is 12.4 Å². The van der Waals surface area contributed by atoms with E-state index in [1.54, 1.807) is 0 Å². The van der Waals surface area contributed by atoms with Crippen LogP contribution in [0.5, 0.6) is 5.75 Å². The average molecular weight is 410 g/mol. The number of benzene rings is 2. The van der Waals surface area contributed by atoms with Crippen LogP contribution in [-0.4, -0.2) is 37.4 Å². The van der Waals surface area contributed by atoms with Gasteiger partial charge in [-0.3, -0.25) is 4.90 Å². The van der Waals surface area contributed by atoms with Gasteiger partial charge in [0.15, 0.2) is 0 Å². The molecule has 0 amide bonds. The van der Waals surface area contributed by atoms with Crippen LogP contribution in [-0.2, 0) is 0 Å². The first-order valence-electron chi connectivity index (χ1n) is 9.96. The van der Waals surface area contributed by atoms with Gasteiger partial charge in [0, 0.05) is 22.2 Å². The topological polar surface area (TPSA) is 12.5 Å². The molecule has 1 fully saturated rings. The summed E-state index contributed by atoms with van der Waals surface area (Å²) in [7, 11) is 0. The molecule has 0 saturated carbocycles. The van der Waals surface area contributed by atoms with Crippen molar-refractivity contribution in [1.82, 2.24) is 4.90 Å². The molecular formula is C24H27NOS2. The fourth-order valence-electron chi connectivity index (χ4n) is 3.91.